The molecule has 0 aliphatic carbocycles. The smallest absolute Gasteiger partial charge is 0.267 e. The number of nitrogens with one attached hydrogen (secondary N) is 1. The number of pyridine rings is 1. The van der Waals surface area contributed by atoms with E-state index in [0.717, 1.165) is 0 Å². The molecule has 0 saturated heterocycles. The number of nitrogens with zero attached hydrogens (tertiary/aromatic N) is 5. The zero-order valence-corrected chi connectivity index (χ0v) is 20.2. The summed E-state index contributed by atoms with van der Waals surface area (Å²) in [6, 6.07) is 16.5. The molecule has 1 atom stereocenters. The predicted octanol–water partition coefficient (Wildman–Crippen LogP) is 4.52. The van der Waals surface area contributed by atoms with E-state index in [-0.39, 0.29) is 22.6 Å². The number of nitrogen functional groups attached to an aromatic ring is 1. The lowest BCUT2D eigenvalue weighted by atomic mass is 10.2. The van der Waals surface area contributed by atoms with E-state index in [9.17, 15) is 9.18 Å². The van der Waals surface area contributed by atoms with Crippen LogP contribution >= 0.6 is 11.6 Å². The maximum Gasteiger partial charge on any atom is 0.267 e. The van der Waals surface area contributed by atoms with Crippen LogP contribution in [0, 0.1) is 17.7 Å². The number of aromatic nitrogens is 5. The molecule has 0 fully saturated rings. The normalized spacial score (nSPS) is 11.5. The molecule has 3 heterocycles. The van der Waals surface area contributed by atoms with Gasteiger partial charge in [0.2, 0.25) is 0 Å². The number of rotatable bonds is 4. The summed E-state index contributed by atoms with van der Waals surface area (Å²) >= 11 is 6.37. The summed E-state index contributed by atoms with van der Waals surface area (Å²) < 4.78 is 15.5. The van der Waals surface area contributed by atoms with E-state index in [1.165, 1.54) is 29.2 Å². The lowest BCUT2D eigenvalue weighted by Gasteiger charge is -2.21. The fraction of sp³-hybridized carbons (Fsp3) is 0.0741. The third kappa shape index (κ3) is 4.70. The molecule has 0 bridgehead atoms. The van der Waals surface area contributed by atoms with Gasteiger partial charge in [-0.25, -0.2) is 24.3 Å². The van der Waals surface area contributed by atoms with Crippen LogP contribution in [0.2, 0.25) is 5.02 Å². The summed E-state index contributed by atoms with van der Waals surface area (Å²) in [4.78, 5) is 30.6. The Morgan fingerprint density at radius 3 is 2.62 bits per heavy atom. The molecule has 0 radical (unpaired) electrons. The number of halogens is 2. The van der Waals surface area contributed by atoms with E-state index in [1.54, 1.807) is 18.2 Å². The second-order valence-electron chi connectivity index (χ2n) is 8.01. The highest BCUT2D eigenvalue weighted by atomic mass is 35.5. The molecule has 0 spiro atoms. The minimum atomic E-state index is -0.556. The Bertz CT molecular complexity index is 1750. The Balaban J connectivity index is 1.62. The van der Waals surface area contributed by atoms with Crippen LogP contribution in [0.3, 0.4) is 0 Å². The van der Waals surface area contributed by atoms with Crippen LogP contribution < -0.4 is 16.6 Å². The maximum absolute atomic E-state index is 14.0. The fourth-order valence-corrected chi connectivity index (χ4v) is 4.08. The quantitative estimate of drug-likeness (QED) is 0.341. The molecule has 5 rings (SSSR count). The summed E-state index contributed by atoms with van der Waals surface area (Å²) in [7, 11) is 0. The number of para-hydroxylation sites is 1. The Morgan fingerprint density at radius 1 is 1.03 bits per heavy atom. The Kier molecular flexibility index (Phi) is 6.49. The van der Waals surface area contributed by atoms with Crippen LogP contribution in [-0.4, -0.2) is 24.5 Å². The molecule has 8 nitrogen and oxygen atoms in total. The standard InChI is InChI=1S/C27H19ClFN7O/c1-16(34-25-18(24(30)32-15-33-25)12-13-21-20(29)10-6-14-31-21)26-35-22-11-5-9-19(28)23(22)27(37)36(26)17-7-3-2-4-8-17/h2-11,14-16H,1H3,(H3,30,32,33,34). The first kappa shape index (κ1) is 23.9. The maximum atomic E-state index is 14.0. The van der Waals surface area contributed by atoms with Crippen molar-refractivity contribution in [3.63, 3.8) is 0 Å². The molecule has 0 saturated carbocycles. The summed E-state index contributed by atoms with van der Waals surface area (Å²) in [6.07, 6.45) is 2.73. The van der Waals surface area contributed by atoms with Crippen molar-refractivity contribution < 1.29 is 4.39 Å². The average molecular weight is 512 g/mol. The topological polar surface area (TPSA) is 112 Å². The zero-order valence-electron chi connectivity index (χ0n) is 19.5. The van der Waals surface area contributed by atoms with Crippen LogP contribution in [0.15, 0.2) is 78.0 Å². The Labute approximate surface area is 216 Å². The molecule has 3 aromatic heterocycles. The van der Waals surface area contributed by atoms with Gasteiger partial charge >= 0.3 is 0 Å². The second-order valence-corrected chi connectivity index (χ2v) is 8.42. The molecule has 2 aromatic carbocycles. The summed E-state index contributed by atoms with van der Waals surface area (Å²) in [5.41, 5.74) is 7.09. The van der Waals surface area contributed by atoms with Gasteiger partial charge in [0.1, 0.15) is 35.0 Å². The van der Waals surface area contributed by atoms with Crippen molar-refractivity contribution in [2.24, 2.45) is 0 Å². The van der Waals surface area contributed by atoms with Crippen LogP contribution in [0.5, 0.6) is 0 Å². The molecule has 10 heteroatoms. The molecule has 0 aliphatic rings. The molecule has 182 valence electrons. The van der Waals surface area contributed by atoms with Gasteiger partial charge < -0.3 is 11.1 Å². The van der Waals surface area contributed by atoms with Crippen molar-refractivity contribution in [1.82, 2.24) is 24.5 Å². The van der Waals surface area contributed by atoms with Crippen molar-refractivity contribution in [2.75, 3.05) is 11.1 Å². The third-order valence-corrected chi connectivity index (χ3v) is 5.88. The summed E-state index contributed by atoms with van der Waals surface area (Å²) in [6.45, 7) is 1.82. The number of nitrogens with two attached hydrogens (primary N) is 1. The van der Waals surface area contributed by atoms with E-state index < -0.39 is 11.9 Å². The van der Waals surface area contributed by atoms with Gasteiger partial charge in [-0.05, 0) is 49.2 Å². The van der Waals surface area contributed by atoms with Crippen LogP contribution in [0.25, 0.3) is 16.6 Å². The first-order valence-corrected chi connectivity index (χ1v) is 11.6. The van der Waals surface area contributed by atoms with Crippen molar-refractivity contribution >= 4 is 34.1 Å². The van der Waals surface area contributed by atoms with Gasteiger partial charge in [0.15, 0.2) is 5.82 Å². The molecule has 37 heavy (non-hydrogen) atoms. The SMILES string of the molecule is CC(Nc1ncnc(N)c1C#Cc1ncccc1F)c1nc2cccc(Cl)c2c(=O)n1-c1ccccc1. The highest BCUT2D eigenvalue weighted by molar-refractivity contribution is 6.35. The highest BCUT2D eigenvalue weighted by Crippen LogP contribution is 2.26. The minimum absolute atomic E-state index is 0.0317. The number of anilines is 2. The van der Waals surface area contributed by atoms with E-state index >= 15 is 0 Å². The van der Waals surface area contributed by atoms with Crippen molar-refractivity contribution in [2.45, 2.75) is 13.0 Å². The highest BCUT2D eigenvalue weighted by Gasteiger charge is 2.21. The van der Waals surface area contributed by atoms with E-state index in [4.69, 9.17) is 22.3 Å². The van der Waals surface area contributed by atoms with Gasteiger partial charge in [-0.1, -0.05) is 41.8 Å². The predicted molar refractivity (Wildman–Crippen MR) is 141 cm³/mol. The van der Waals surface area contributed by atoms with Crippen molar-refractivity contribution in [1.29, 1.82) is 0 Å². The lowest BCUT2D eigenvalue weighted by molar-refractivity contribution is 0.617. The van der Waals surface area contributed by atoms with Gasteiger partial charge in [0, 0.05) is 6.20 Å². The van der Waals surface area contributed by atoms with Crippen molar-refractivity contribution in [3.05, 3.63) is 111 Å². The van der Waals surface area contributed by atoms with E-state index in [2.05, 4.69) is 32.1 Å². The summed E-state index contributed by atoms with van der Waals surface area (Å²) in [5.74, 6) is 5.76. The molecule has 1 unspecified atom stereocenters. The van der Waals surface area contributed by atoms with E-state index in [0.29, 0.717) is 33.3 Å². The third-order valence-electron chi connectivity index (χ3n) is 5.57. The van der Waals surface area contributed by atoms with Crippen LogP contribution in [0.1, 0.15) is 30.0 Å². The van der Waals surface area contributed by atoms with Gasteiger partial charge in [-0.15, -0.1) is 0 Å². The summed E-state index contributed by atoms with van der Waals surface area (Å²) in [5, 5.41) is 3.87. The largest absolute Gasteiger partial charge is 0.382 e. The van der Waals surface area contributed by atoms with E-state index in [1.807, 2.05) is 37.3 Å². The monoisotopic (exact) mass is 511 g/mol. The second kappa shape index (κ2) is 10.0. The first-order valence-electron chi connectivity index (χ1n) is 11.2. The zero-order chi connectivity index (χ0) is 25.9. The molecule has 0 amide bonds. The Morgan fingerprint density at radius 2 is 1.84 bits per heavy atom. The first-order chi connectivity index (χ1) is 17.9. The van der Waals surface area contributed by atoms with Gasteiger partial charge in [-0.2, -0.15) is 0 Å². The lowest BCUT2D eigenvalue weighted by Crippen LogP contribution is -2.27. The van der Waals surface area contributed by atoms with Crippen LogP contribution in [-0.2, 0) is 0 Å². The molecule has 5 aromatic rings. The van der Waals surface area contributed by atoms with Gasteiger partial charge in [0.05, 0.1) is 27.7 Å². The number of hydrogen-bond donors (Lipinski definition) is 2. The minimum Gasteiger partial charge on any atom is -0.382 e. The van der Waals surface area contributed by atoms with Gasteiger partial charge in [0.25, 0.3) is 5.56 Å². The number of benzene rings is 2. The number of hydrogen-bond acceptors (Lipinski definition) is 7. The van der Waals surface area contributed by atoms with Crippen LogP contribution in [0.4, 0.5) is 16.0 Å². The number of fused-ring (bicyclic) bond motifs is 1. The van der Waals surface area contributed by atoms with Crippen molar-refractivity contribution in [3.8, 4) is 17.5 Å². The molecular weight excluding hydrogens is 493 g/mol. The molecular formula is C27H19ClFN7O. The Hall–Kier alpha value is -4.81. The average Bonchev–Trinajstić information content (AvgIpc) is 2.89. The molecule has 0 aliphatic heterocycles. The van der Waals surface area contributed by atoms with Gasteiger partial charge in [-0.3, -0.25) is 9.36 Å². The molecule has 3 N–H and O–H groups in total. The fourth-order valence-electron chi connectivity index (χ4n) is 3.82.